The lowest BCUT2D eigenvalue weighted by atomic mass is 10.2. The molecule has 5 nitrogen and oxygen atoms in total. The van der Waals surface area contributed by atoms with Crippen molar-refractivity contribution in [3.8, 4) is 5.75 Å². The van der Waals surface area contributed by atoms with Gasteiger partial charge in [-0.25, -0.2) is 8.42 Å². The lowest BCUT2D eigenvalue weighted by molar-refractivity contribution is 0.471. The highest BCUT2D eigenvalue weighted by molar-refractivity contribution is 7.91. The standard InChI is InChI=1S/C14H16N2O3S/c1-10-5-6-13(8-14(10)17)16-20(18,19)9-11-3-2-4-12(15)7-11/h2-8,16-17H,9,15H2,1H3. The van der Waals surface area contributed by atoms with Crippen LogP contribution in [0.3, 0.4) is 0 Å². The molecular formula is C14H16N2O3S. The highest BCUT2D eigenvalue weighted by Crippen LogP contribution is 2.22. The van der Waals surface area contributed by atoms with Crippen LogP contribution in [0.5, 0.6) is 5.75 Å². The fourth-order valence-corrected chi connectivity index (χ4v) is 2.97. The average Bonchev–Trinajstić information content (AvgIpc) is 2.33. The number of phenolic OH excluding ortho intramolecular Hbond substituents is 1. The third kappa shape index (κ3) is 3.64. The molecule has 20 heavy (non-hydrogen) atoms. The molecule has 0 aliphatic carbocycles. The molecule has 0 amide bonds. The van der Waals surface area contributed by atoms with Crippen molar-refractivity contribution in [3.05, 3.63) is 53.6 Å². The second-order valence-electron chi connectivity index (χ2n) is 4.61. The van der Waals surface area contributed by atoms with E-state index in [-0.39, 0.29) is 11.5 Å². The van der Waals surface area contributed by atoms with Crippen molar-refractivity contribution in [2.75, 3.05) is 10.5 Å². The van der Waals surface area contributed by atoms with Gasteiger partial charge in [0.2, 0.25) is 10.0 Å². The molecule has 0 saturated heterocycles. The molecule has 0 spiro atoms. The first-order valence-electron chi connectivity index (χ1n) is 6.00. The van der Waals surface area contributed by atoms with Gasteiger partial charge in [-0.1, -0.05) is 18.2 Å². The van der Waals surface area contributed by atoms with Gasteiger partial charge in [-0.2, -0.15) is 0 Å². The zero-order chi connectivity index (χ0) is 14.8. The van der Waals surface area contributed by atoms with E-state index in [1.165, 1.54) is 6.07 Å². The number of hydrogen-bond acceptors (Lipinski definition) is 4. The summed E-state index contributed by atoms with van der Waals surface area (Å²) >= 11 is 0. The molecule has 0 unspecified atom stereocenters. The lowest BCUT2D eigenvalue weighted by Crippen LogP contribution is -2.15. The summed E-state index contributed by atoms with van der Waals surface area (Å²) in [7, 11) is -3.55. The lowest BCUT2D eigenvalue weighted by Gasteiger charge is -2.09. The molecule has 0 aliphatic rings. The van der Waals surface area contributed by atoms with E-state index >= 15 is 0 Å². The van der Waals surface area contributed by atoms with Crippen LogP contribution >= 0.6 is 0 Å². The van der Waals surface area contributed by atoms with Gasteiger partial charge in [0.05, 0.1) is 11.4 Å². The van der Waals surface area contributed by atoms with Crippen molar-refractivity contribution in [2.45, 2.75) is 12.7 Å². The second-order valence-corrected chi connectivity index (χ2v) is 6.33. The van der Waals surface area contributed by atoms with E-state index in [9.17, 15) is 13.5 Å². The maximum Gasteiger partial charge on any atom is 0.236 e. The Morgan fingerprint density at radius 3 is 2.60 bits per heavy atom. The second kappa shape index (κ2) is 5.42. The van der Waals surface area contributed by atoms with Crippen LogP contribution in [0.1, 0.15) is 11.1 Å². The smallest absolute Gasteiger partial charge is 0.236 e. The van der Waals surface area contributed by atoms with Crippen molar-refractivity contribution in [2.24, 2.45) is 0 Å². The predicted molar refractivity (Wildman–Crippen MR) is 79.9 cm³/mol. The van der Waals surface area contributed by atoms with Crippen LogP contribution in [0.4, 0.5) is 11.4 Å². The van der Waals surface area contributed by atoms with E-state index in [1.54, 1.807) is 43.3 Å². The van der Waals surface area contributed by atoms with Crippen molar-refractivity contribution < 1.29 is 13.5 Å². The van der Waals surface area contributed by atoms with Crippen molar-refractivity contribution in [1.82, 2.24) is 0 Å². The molecule has 0 radical (unpaired) electrons. The number of hydrogen-bond donors (Lipinski definition) is 3. The molecule has 0 heterocycles. The van der Waals surface area contributed by atoms with Crippen LogP contribution in [-0.2, 0) is 15.8 Å². The highest BCUT2D eigenvalue weighted by atomic mass is 32.2. The van der Waals surface area contributed by atoms with Crippen LogP contribution in [0.15, 0.2) is 42.5 Å². The molecule has 0 saturated carbocycles. The number of anilines is 2. The van der Waals surface area contributed by atoms with E-state index in [2.05, 4.69) is 4.72 Å². The predicted octanol–water partition coefficient (Wildman–Crippen LogP) is 2.22. The number of nitrogens with one attached hydrogen (secondary N) is 1. The minimum absolute atomic E-state index is 0.0501. The van der Waals surface area contributed by atoms with Gasteiger partial charge in [-0.15, -0.1) is 0 Å². The third-order valence-electron chi connectivity index (χ3n) is 2.79. The fraction of sp³-hybridized carbons (Fsp3) is 0.143. The topological polar surface area (TPSA) is 92.4 Å². The molecule has 2 aromatic rings. The molecule has 0 aromatic heterocycles. The fourth-order valence-electron chi connectivity index (χ4n) is 1.79. The number of benzene rings is 2. The highest BCUT2D eigenvalue weighted by Gasteiger charge is 2.12. The van der Waals surface area contributed by atoms with Gasteiger partial charge in [0.1, 0.15) is 5.75 Å². The Morgan fingerprint density at radius 1 is 1.20 bits per heavy atom. The Labute approximate surface area is 118 Å². The number of aryl methyl sites for hydroxylation is 1. The van der Waals surface area contributed by atoms with Crippen LogP contribution in [0.2, 0.25) is 0 Å². The summed E-state index contributed by atoms with van der Waals surface area (Å²) < 4.78 is 26.5. The molecule has 0 fully saturated rings. The number of aromatic hydroxyl groups is 1. The van der Waals surface area contributed by atoms with Crippen molar-refractivity contribution in [3.63, 3.8) is 0 Å². The summed E-state index contributed by atoms with van der Waals surface area (Å²) in [4.78, 5) is 0. The molecule has 2 aromatic carbocycles. The maximum absolute atomic E-state index is 12.0. The molecule has 2 rings (SSSR count). The first kappa shape index (κ1) is 14.2. The summed E-state index contributed by atoms with van der Waals surface area (Å²) in [5.41, 5.74) is 7.76. The Hall–Kier alpha value is -2.21. The molecule has 0 atom stereocenters. The Balaban J connectivity index is 2.17. The minimum Gasteiger partial charge on any atom is -0.508 e. The molecule has 6 heteroatoms. The van der Waals surface area contributed by atoms with Gasteiger partial charge in [0.15, 0.2) is 0 Å². The van der Waals surface area contributed by atoms with Gasteiger partial charge in [-0.05, 0) is 36.2 Å². The molecule has 106 valence electrons. The van der Waals surface area contributed by atoms with Crippen molar-refractivity contribution in [1.29, 1.82) is 0 Å². The largest absolute Gasteiger partial charge is 0.508 e. The summed E-state index contributed by atoms with van der Waals surface area (Å²) in [6.07, 6.45) is 0. The zero-order valence-corrected chi connectivity index (χ0v) is 11.8. The first-order valence-corrected chi connectivity index (χ1v) is 7.65. The van der Waals surface area contributed by atoms with E-state index in [4.69, 9.17) is 5.73 Å². The molecule has 0 bridgehead atoms. The minimum atomic E-state index is -3.55. The van der Waals surface area contributed by atoms with Gasteiger partial charge >= 0.3 is 0 Å². The number of nitrogens with two attached hydrogens (primary N) is 1. The normalized spacial score (nSPS) is 11.2. The van der Waals surface area contributed by atoms with Gasteiger partial charge in [0, 0.05) is 11.8 Å². The van der Waals surface area contributed by atoms with Gasteiger partial charge < -0.3 is 10.8 Å². The third-order valence-corrected chi connectivity index (χ3v) is 4.05. The molecular weight excluding hydrogens is 276 g/mol. The van der Waals surface area contributed by atoms with E-state index in [0.29, 0.717) is 22.5 Å². The Bertz CT molecular complexity index is 727. The number of sulfonamides is 1. The first-order chi connectivity index (χ1) is 9.35. The van der Waals surface area contributed by atoms with Crippen LogP contribution in [0, 0.1) is 6.92 Å². The van der Waals surface area contributed by atoms with E-state index < -0.39 is 10.0 Å². The van der Waals surface area contributed by atoms with Crippen LogP contribution in [0.25, 0.3) is 0 Å². The summed E-state index contributed by atoms with van der Waals surface area (Å²) in [5.74, 6) is -0.124. The summed E-state index contributed by atoms with van der Waals surface area (Å²) in [6, 6.07) is 11.3. The zero-order valence-electron chi connectivity index (χ0n) is 11.0. The van der Waals surface area contributed by atoms with Gasteiger partial charge in [-0.3, -0.25) is 4.72 Å². The molecule has 4 N–H and O–H groups in total. The monoisotopic (exact) mass is 292 g/mol. The van der Waals surface area contributed by atoms with Crippen LogP contribution < -0.4 is 10.5 Å². The van der Waals surface area contributed by atoms with E-state index in [0.717, 1.165) is 0 Å². The quantitative estimate of drug-likeness (QED) is 0.753. The van der Waals surface area contributed by atoms with Crippen molar-refractivity contribution >= 4 is 21.4 Å². The van der Waals surface area contributed by atoms with Crippen LogP contribution in [-0.4, -0.2) is 13.5 Å². The SMILES string of the molecule is Cc1ccc(NS(=O)(=O)Cc2cccc(N)c2)cc1O. The summed E-state index contributed by atoms with van der Waals surface area (Å²) in [5, 5.41) is 9.57. The Kier molecular flexibility index (Phi) is 3.85. The van der Waals surface area contributed by atoms with Gasteiger partial charge in [0.25, 0.3) is 0 Å². The average molecular weight is 292 g/mol. The summed E-state index contributed by atoms with van der Waals surface area (Å²) in [6.45, 7) is 1.74. The van der Waals surface area contributed by atoms with E-state index in [1.807, 2.05) is 0 Å². The maximum atomic E-state index is 12.0. The Morgan fingerprint density at radius 2 is 1.95 bits per heavy atom. The number of phenols is 1. The number of nitrogen functional groups attached to an aromatic ring is 1. The number of rotatable bonds is 4. The molecule has 0 aliphatic heterocycles.